The van der Waals surface area contributed by atoms with E-state index in [2.05, 4.69) is 48.5 Å². The van der Waals surface area contributed by atoms with Crippen molar-refractivity contribution in [1.82, 2.24) is 0 Å². The molecule has 160 valence electrons. The van der Waals surface area contributed by atoms with Gasteiger partial charge in [0.2, 0.25) is 0 Å². The zero-order valence-corrected chi connectivity index (χ0v) is 19.4. The molecule has 29 heavy (non-hydrogen) atoms. The third-order valence-corrected chi connectivity index (χ3v) is 6.37. The van der Waals surface area contributed by atoms with Crippen LogP contribution < -0.4 is 0 Å². The Balaban J connectivity index is 1.97. The van der Waals surface area contributed by atoms with Crippen molar-refractivity contribution in [1.29, 1.82) is 0 Å². The third-order valence-electron chi connectivity index (χ3n) is 5.13. The van der Waals surface area contributed by atoms with Gasteiger partial charge >= 0.3 is 0 Å². The van der Waals surface area contributed by atoms with E-state index in [0.717, 1.165) is 51.4 Å². The maximum Gasteiger partial charge on any atom is 0.0591 e. The molecule has 0 amide bonds. The minimum absolute atomic E-state index is 0.571. The maximum absolute atomic E-state index is 9.91. The quantitative estimate of drug-likeness (QED) is 0.375. The van der Waals surface area contributed by atoms with Gasteiger partial charge in [0.15, 0.2) is 0 Å². The van der Waals surface area contributed by atoms with Gasteiger partial charge in [0.25, 0.3) is 0 Å². The number of hydrogen-bond acceptors (Lipinski definition) is 3. The number of unbranched alkanes of at least 4 members (excludes halogenated alkanes) is 2. The molecule has 2 aromatic carbocycles. The normalized spacial score (nSPS) is 12.3. The molecule has 0 radical (unpaired) electrons. The van der Waals surface area contributed by atoms with Crippen molar-refractivity contribution in [3.63, 3.8) is 0 Å². The molecule has 2 nitrogen and oxygen atoms in total. The number of aryl methyl sites for hydroxylation is 2. The summed E-state index contributed by atoms with van der Waals surface area (Å²) in [5, 5.41) is 19.8. The van der Waals surface area contributed by atoms with E-state index in [4.69, 9.17) is 0 Å². The van der Waals surface area contributed by atoms with Gasteiger partial charge in [-0.3, -0.25) is 0 Å². The van der Waals surface area contributed by atoms with Crippen LogP contribution in [0.2, 0.25) is 0 Å². The standard InChI is InChI=1S/C26H38O2S/c1-25(2,27)19-11-9-15-21-13-5-7-17-23(21)29-24-18-8-6-14-22(24)16-10-12-20-26(3,4)28/h5-8,13-14,17-18,27-28H,9-12,15-16,19-20H2,1-4H3. The summed E-state index contributed by atoms with van der Waals surface area (Å²) in [4.78, 5) is 2.67. The number of aliphatic hydroxyl groups is 2. The Morgan fingerprint density at radius 2 is 1.00 bits per heavy atom. The Kier molecular flexibility index (Phi) is 9.26. The molecule has 3 heteroatoms. The summed E-state index contributed by atoms with van der Waals surface area (Å²) in [5.41, 5.74) is 1.65. The van der Waals surface area contributed by atoms with E-state index in [9.17, 15) is 10.2 Å². The van der Waals surface area contributed by atoms with Crippen molar-refractivity contribution in [2.75, 3.05) is 0 Å². The van der Waals surface area contributed by atoms with Gasteiger partial charge in [-0.1, -0.05) is 61.0 Å². The van der Waals surface area contributed by atoms with Crippen molar-refractivity contribution in [2.24, 2.45) is 0 Å². The van der Waals surface area contributed by atoms with Gasteiger partial charge in [-0.05, 0) is 89.5 Å². The van der Waals surface area contributed by atoms with Crippen molar-refractivity contribution < 1.29 is 10.2 Å². The highest BCUT2D eigenvalue weighted by Gasteiger charge is 2.13. The summed E-state index contributed by atoms with van der Waals surface area (Å²) in [6, 6.07) is 17.4. The van der Waals surface area contributed by atoms with Crippen molar-refractivity contribution in [3.8, 4) is 0 Å². The van der Waals surface area contributed by atoms with Crippen molar-refractivity contribution in [2.45, 2.75) is 100 Å². The fraction of sp³-hybridized carbons (Fsp3) is 0.538. The van der Waals surface area contributed by atoms with Gasteiger partial charge < -0.3 is 10.2 Å². The summed E-state index contributed by atoms with van der Waals surface area (Å²) < 4.78 is 0. The van der Waals surface area contributed by atoms with Crippen LogP contribution in [0.15, 0.2) is 58.3 Å². The van der Waals surface area contributed by atoms with Gasteiger partial charge in [-0.2, -0.15) is 0 Å². The monoisotopic (exact) mass is 414 g/mol. The molecule has 0 atom stereocenters. The molecule has 0 fully saturated rings. The van der Waals surface area contributed by atoms with Crippen LogP contribution in [0.25, 0.3) is 0 Å². The van der Waals surface area contributed by atoms with Crippen LogP contribution >= 0.6 is 11.8 Å². The first-order valence-electron chi connectivity index (χ1n) is 10.9. The first kappa shape index (κ1) is 24.0. The van der Waals surface area contributed by atoms with Gasteiger partial charge in [0, 0.05) is 9.79 Å². The molecule has 0 aromatic heterocycles. The SMILES string of the molecule is CC(C)(O)CCCCc1ccccc1Sc1ccccc1CCCCC(C)(C)O. The lowest BCUT2D eigenvalue weighted by Gasteiger charge is -2.17. The largest absolute Gasteiger partial charge is 0.390 e. The molecule has 0 saturated carbocycles. The third kappa shape index (κ3) is 9.84. The molecule has 0 unspecified atom stereocenters. The van der Waals surface area contributed by atoms with E-state index < -0.39 is 11.2 Å². The molecule has 2 N–H and O–H groups in total. The smallest absolute Gasteiger partial charge is 0.0591 e. The van der Waals surface area contributed by atoms with Gasteiger partial charge in [-0.15, -0.1) is 0 Å². The fourth-order valence-corrected chi connectivity index (χ4v) is 4.62. The number of rotatable bonds is 12. The zero-order chi connectivity index (χ0) is 21.3. The Hall–Kier alpha value is -1.29. The second-order valence-corrected chi connectivity index (χ2v) is 10.4. The van der Waals surface area contributed by atoms with Crippen LogP contribution in [0.3, 0.4) is 0 Å². The maximum atomic E-state index is 9.91. The molecule has 2 rings (SSSR count). The van der Waals surface area contributed by atoms with E-state index in [1.54, 1.807) is 0 Å². The van der Waals surface area contributed by atoms with E-state index in [1.165, 1.54) is 20.9 Å². The summed E-state index contributed by atoms with van der Waals surface area (Å²) >= 11 is 1.87. The Labute approximate surface area is 181 Å². The highest BCUT2D eigenvalue weighted by molar-refractivity contribution is 7.99. The van der Waals surface area contributed by atoms with Crippen LogP contribution in [-0.4, -0.2) is 21.4 Å². The van der Waals surface area contributed by atoms with Crippen LogP contribution in [0.1, 0.15) is 77.3 Å². The molecule has 2 aromatic rings. The second-order valence-electron chi connectivity index (χ2n) is 9.36. The van der Waals surface area contributed by atoms with Crippen LogP contribution in [0.5, 0.6) is 0 Å². The predicted molar refractivity (Wildman–Crippen MR) is 125 cm³/mol. The summed E-state index contributed by atoms with van der Waals surface area (Å²) in [6.07, 6.45) is 8.06. The van der Waals surface area contributed by atoms with Gasteiger partial charge in [0.1, 0.15) is 0 Å². The average molecular weight is 415 g/mol. The zero-order valence-electron chi connectivity index (χ0n) is 18.6. The average Bonchev–Trinajstić information content (AvgIpc) is 2.63. The van der Waals surface area contributed by atoms with Crippen molar-refractivity contribution >= 4 is 11.8 Å². The van der Waals surface area contributed by atoms with E-state index in [1.807, 2.05) is 39.5 Å². The molecular weight excluding hydrogens is 376 g/mol. The minimum Gasteiger partial charge on any atom is -0.390 e. The lowest BCUT2D eigenvalue weighted by atomic mass is 9.99. The molecular formula is C26H38O2S. The van der Waals surface area contributed by atoms with Crippen LogP contribution in [-0.2, 0) is 12.8 Å². The fourth-order valence-electron chi connectivity index (χ4n) is 3.48. The van der Waals surface area contributed by atoms with Crippen LogP contribution in [0, 0.1) is 0 Å². The lowest BCUT2D eigenvalue weighted by Crippen LogP contribution is -2.17. The Morgan fingerprint density at radius 3 is 1.38 bits per heavy atom. The van der Waals surface area contributed by atoms with E-state index in [-0.39, 0.29) is 0 Å². The molecule has 0 spiro atoms. The van der Waals surface area contributed by atoms with Gasteiger partial charge in [0.05, 0.1) is 11.2 Å². The predicted octanol–water partition coefficient (Wildman–Crippen LogP) is 6.81. The van der Waals surface area contributed by atoms with E-state index in [0.29, 0.717) is 0 Å². The molecule has 0 heterocycles. The summed E-state index contributed by atoms with van der Waals surface area (Å²) in [5.74, 6) is 0. The molecule has 0 aliphatic heterocycles. The van der Waals surface area contributed by atoms with Crippen molar-refractivity contribution in [3.05, 3.63) is 59.7 Å². The molecule has 0 saturated heterocycles. The minimum atomic E-state index is -0.571. The second kappa shape index (κ2) is 11.2. The lowest BCUT2D eigenvalue weighted by molar-refractivity contribution is 0.0676. The van der Waals surface area contributed by atoms with Gasteiger partial charge in [-0.25, -0.2) is 0 Å². The molecule has 0 bridgehead atoms. The molecule has 0 aliphatic carbocycles. The first-order chi connectivity index (χ1) is 13.6. The number of hydrogen-bond donors (Lipinski definition) is 2. The van der Waals surface area contributed by atoms with Crippen LogP contribution in [0.4, 0.5) is 0 Å². The summed E-state index contributed by atoms with van der Waals surface area (Å²) in [6.45, 7) is 7.54. The highest BCUT2D eigenvalue weighted by Crippen LogP contribution is 2.34. The highest BCUT2D eigenvalue weighted by atomic mass is 32.2. The van der Waals surface area contributed by atoms with E-state index >= 15 is 0 Å². The number of benzene rings is 2. The topological polar surface area (TPSA) is 40.5 Å². The summed E-state index contributed by atoms with van der Waals surface area (Å²) in [7, 11) is 0. The Bertz CT molecular complexity index is 677. The first-order valence-corrected chi connectivity index (χ1v) is 11.7. The molecule has 0 aliphatic rings. The Morgan fingerprint density at radius 1 is 0.621 bits per heavy atom.